The zero-order valence-electron chi connectivity index (χ0n) is 18.5. The number of nitrogens with zero attached hydrogens (tertiary/aromatic N) is 3. The fraction of sp³-hybridized carbons (Fsp3) is 0.292. The van der Waals surface area contributed by atoms with Gasteiger partial charge in [0.2, 0.25) is 0 Å². The van der Waals surface area contributed by atoms with Gasteiger partial charge in [0.25, 0.3) is 11.8 Å². The number of benzene rings is 1. The van der Waals surface area contributed by atoms with Crippen LogP contribution < -0.4 is 10.5 Å². The van der Waals surface area contributed by atoms with Gasteiger partial charge in [-0.2, -0.15) is 5.10 Å². The van der Waals surface area contributed by atoms with Crippen LogP contribution in [0, 0.1) is 13.8 Å². The Labute approximate surface area is 189 Å². The van der Waals surface area contributed by atoms with Gasteiger partial charge < -0.3 is 24.9 Å². The van der Waals surface area contributed by atoms with Crippen molar-refractivity contribution < 1.29 is 23.8 Å². The summed E-state index contributed by atoms with van der Waals surface area (Å²) in [6, 6.07) is 6.86. The number of aliphatic hydroxyl groups excluding tert-OH is 1. The SMILES string of the molecule is Cc1oc2cc(Oc3ccnn4cc(C(=O)N5C[C@H](O)C[C@H]5C)c(C)c34)ccc2c1C(N)=O. The first-order valence-corrected chi connectivity index (χ1v) is 10.7. The third-order valence-electron chi connectivity index (χ3n) is 6.25. The molecule has 4 aromatic rings. The molecule has 1 saturated heterocycles. The summed E-state index contributed by atoms with van der Waals surface area (Å²) in [7, 11) is 0. The summed E-state index contributed by atoms with van der Waals surface area (Å²) in [4.78, 5) is 26.6. The van der Waals surface area contributed by atoms with E-state index in [0.29, 0.717) is 57.8 Å². The largest absolute Gasteiger partial charge is 0.460 e. The highest BCUT2D eigenvalue weighted by Gasteiger charge is 2.33. The molecule has 0 saturated carbocycles. The number of aliphatic hydroxyl groups is 1. The standard InChI is InChI=1S/C24H24N4O5/c1-12-8-15(29)10-27(12)24(31)18-11-28-22(13(18)2)19(6-7-26-28)33-16-4-5-17-20(9-16)32-14(3)21(17)23(25)30/h4-7,9,11-12,15,29H,8,10H2,1-3H3,(H2,25,30)/t12-,15-/m1/s1. The second-order valence-corrected chi connectivity index (χ2v) is 8.51. The minimum atomic E-state index is -0.545. The summed E-state index contributed by atoms with van der Waals surface area (Å²) in [6.07, 6.45) is 3.35. The van der Waals surface area contributed by atoms with Crippen molar-refractivity contribution in [2.45, 2.75) is 39.3 Å². The van der Waals surface area contributed by atoms with Crippen molar-refractivity contribution in [2.75, 3.05) is 6.54 Å². The van der Waals surface area contributed by atoms with Crippen molar-refractivity contribution in [2.24, 2.45) is 5.73 Å². The molecule has 0 spiro atoms. The molecule has 4 heterocycles. The number of rotatable bonds is 4. The van der Waals surface area contributed by atoms with Crippen LogP contribution >= 0.6 is 0 Å². The lowest BCUT2D eigenvalue weighted by Gasteiger charge is -2.20. The quantitative estimate of drug-likeness (QED) is 0.494. The normalized spacial score (nSPS) is 18.4. The van der Waals surface area contributed by atoms with Gasteiger partial charge in [0.15, 0.2) is 5.75 Å². The summed E-state index contributed by atoms with van der Waals surface area (Å²) in [5.41, 5.74) is 8.24. The Morgan fingerprint density at radius 3 is 2.76 bits per heavy atom. The molecule has 2 amide bonds. The number of primary amides is 1. The van der Waals surface area contributed by atoms with Crippen molar-refractivity contribution in [3.05, 3.63) is 59.1 Å². The maximum Gasteiger partial charge on any atom is 0.256 e. The molecule has 170 valence electrons. The predicted octanol–water partition coefficient (Wildman–Crippen LogP) is 3.18. The zero-order chi connectivity index (χ0) is 23.4. The van der Waals surface area contributed by atoms with E-state index in [-0.39, 0.29) is 11.9 Å². The highest BCUT2D eigenvalue weighted by atomic mass is 16.5. The van der Waals surface area contributed by atoms with E-state index in [1.807, 2.05) is 13.8 Å². The summed E-state index contributed by atoms with van der Waals surface area (Å²) in [6.45, 7) is 5.79. The number of hydrogen-bond acceptors (Lipinski definition) is 6. The van der Waals surface area contributed by atoms with E-state index in [4.69, 9.17) is 14.9 Å². The Balaban J connectivity index is 1.52. The maximum absolute atomic E-state index is 13.2. The average molecular weight is 448 g/mol. The molecule has 0 bridgehead atoms. The van der Waals surface area contributed by atoms with Crippen molar-refractivity contribution in [3.63, 3.8) is 0 Å². The molecule has 0 radical (unpaired) electrons. The van der Waals surface area contributed by atoms with Crippen molar-refractivity contribution >= 4 is 28.3 Å². The number of furan rings is 1. The van der Waals surface area contributed by atoms with Gasteiger partial charge in [-0.15, -0.1) is 0 Å². The second kappa shape index (κ2) is 7.63. The molecule has 5 rings (SSSR count). The molecule has 1 aliphatic heterocycles. The van der Waals surface area contributed by atoms with Crippen LogP contribution in [0.3, 0.4) is 0 Å². The van der Waals surface area contributed by atoms with Crippen LogP contribution in [0.1, 0.15) is 45.4 Å². The Bertz CT molecular complexity index is 1420. The number of fused-ring (bicyclic) bond motifs is 2. The van der Waals surface area contributed by atoms with Crippen molar-refractivity contribution in [1.29, 1.82) is 0 Å². The molecule has 3 aromatic heterocycles. The van der Waals surface area contributed by atoms with Crippen LogP contribution in [0.4, 0.5) is 0 Å². The van der Waals surface area contributed by atoms with Crippen molar-refractivity contribution in [3.8, 4) is 11.5 Å². The highest BCUT2D eigenvalue weighted by molar-refractivity contribution is 6.06. The molecular weight excluding hydrogens is 424 g/mol. The molecule has 0 unspecified atom stereocenters. The van der Waals surface area contributed by atoms with E-state index in [0.717, 1.165) is 5.56 Å². The van der Waals surface area contributed by atoms with E-state index in [1.54, 1.807) is 53.0 Å². The van der Waals surface area contributed by atoms with Gasteiger partial charge in [0.05, 0.1) is 23.4 Å². The highest BCUT2D eigenvalue weighted by Crippen LogP contribution is 2.34. The molecule has 9 heteroatoms. The average Bonchev–Trinajstić information content (AvgIpc) is 3.39. The summed E-state index contributed by atoms with van der Waals surface area (Å²) in [5.74, 6) is 0.794. The number of hydrogen-bond donors (Lipinski definition) is 2. The smallest absolute Gasteiger partial charge is 0.256 e. The molecule has 2 atom stereocenters. The minimum absolute atomic E-state index is 0.0348. The van der Waals surface area contributed by atoms with E-state index in [1.165, 1.54) is 0 Å². The topological polar surface area (TPSA) is 123 Å². The summed E-state index contributed by atoms with van der Waals surface area (Å²) >= 11 is 0. The van der Waals surface area contributed by atoms with Crippen LogP contribution in [0.5, 0.6) is 11.5 Å². The maximum atomic E-state index is 13.2. The van der Waals surface area contributed by atoms with Gasteiger partial charge in [-0.3, -0.25) is 9.59 Å². The van der Waals surface area contributed by atoms with E-state index < -0.39 is 12.0 Å². The number of aromatic nitrogens is 2. The van der Waals surface area contributed by atoms with Gasteiger partial charge >= 0.3 is 0 Å². The summed E-state index contributed by atoms with van der Waals surface area (Å²) < 4.78 is 13.5. The minimum Gasteiger partial charge on any atom is -0.460 e. The van der Waals surface area contributed by atoms with Crippen LogP contribution in [0.15, 0.2) is 41.1 Å². The molecule has 0 aliphatic carbocycles. The number of carbonyl (C=O) groups is 2. The van der Waals surface area contributed by atoms with Gasteiger partial charge in [-0.1, -0.05) is 0 Å². The van der Waals surface area contributed by atoms with Gasteiger partial charge in [-0.05, 0) is 44.9 Å². The molecule has 33 heavy (non-hydrogen) atoms. The molecular formula is C24H24N4O5. The van der Waals surface area contributed by atoms with E-state index in [2.05, 4.69) is 5.10 Å². The number of nitrogens with two attached hydrogens (primary N) is 1. The number of β-amino-alcohol motifs (C(OH)–C–C–N with tert-alkyl or cyclic N) is 1. The van der Waals surface area contributed by atoms with E-state index in [9.17, 15) is 14.7 Å². The molecule has 1 aromatic carbocycles. The van der Waals surface area contributed by atoms with Crippen LogP contribution in [-0.4, -0.2) is 50.1 Å². The predicted molar refractivity (Wildman–Crippen MR) is 121 cm³/mol. The lowest BCUT2D eigenvalue weighted by Crippen LogP contribution is -2.34. The number of aryl methyl sites for hydroxylation is 2. The Morgan fingerprint density at radius 1 is 1.27 bits per heavy atom. The molecule has 3 N–H and O–H groups in total. The number of amides is 2. The van der Waals surface area contributed by atoms with Gasteiger partial charge in [-0.25, -0.2) is 4.52 Å². The van der Waals surface area contributed by atoms with Crippen LogP contribution in [0.2, 0.25) is 0 Å². The monoisotopic (exact) mass is 448 g/mol. The number of ether oxygens (including phenoxy) is 1. The second-order valence-electron chi connectivity index (χ2n) is 8.51. The first kappa shape index (κ1) is 21.0. The summed E-state index contributed by atoms with van der Waals surface area (Å²) in [5, 5.41) is 14.9. The van der Waals surface area contributed by atoms with Crippen LogP contribution in [-0.2, 0) is 0 Å². The third-order valence-corrected chi connectivity index (χ3v) is 6.25. The molecule has 1 aliphatic rings. The first-order valence-electron chi connectivity index (χ1n) is 10.7. The Kier molecular flexibility index (Phi) is 4.86. The lowest BCUT2D eigenvalue weighted by atomic mass is 10.1. The number of carbonyl (C=O) groups excluding carboxylic acids is 2. The van der Waals surface area contributed by atoms with Crippen LogP contribution in [0.25, 0.3) is 16.5 Å². The fourth-order valence-electron chi connectivity index (χ4n) is 4.66. The Morgan fingerprint density at radius 2 is 2.06 bits per heavy atom. The third kappa shape index (κ3) is 3.41. The van der Waals surface area contributed by atoms with Gasteiger partial charge in [0, 0.05) is 36.3 Å². The first-order chi connectivity index (χ1) is 15.7. The van der Waals surface area contributed by atoms with Crippen molar-refractivity contribution in [1.82, 2.24) is 14.5 Å². The lowest BCUT2D eigenvalue weighted by molar-refractivity contribution is 0.0725. The fourth-order valence-corrected chi connectivity index (χ4v) is 4.66. The molecule has 9 nitrogen and oxygen atoms in total. The zero-order valence-corrected chi connectivity index (χ0v) is 18.5. The Hall–Kier alpha value is -3.85. The van der Waals surface area contributed by atoms with E-state index >= 15 is 0 Å². The number of likely N-dealkylation sites (tertiary alicyclic amines) is 1. The van der Waals surface area contributed by atoms with Gasteiger partial charge in [0.1, 0.15) is 22.6 Å². The molecule has 1 fully saturated rings.